The van der Waals surface area contributed by atoms with E-state index in [2.05, 4.69) is 22.0 Å². The van der Waals surface area contributed by atoms with Gasteiger partial charge in [0.05, 0.1) is 6.54 Å². The molecule has 0 unspecified atom stereocenters. The lowest BCUT2D eigenvalue weighted by Crippen LogP contribution is -2.50. The lowest BCUT2D eigenvalue weighted by molar-refractivity contribution is -0.121. The molecule has 0 aliphatic carbocycles. The highest BCUT2D eigenvalue weighted by Gasteiger charge is 2.25. The number of nitrogens with zero attached hydrogens (tertiary/aromatic N) is 3. The number of halogens is 1. The molecule has 1 aromatic heterocycles. The van der Waals surface area contributed by atoms with Crippen molar-refractivity contribution in [3.63, 3.8) is 0 Å². The van der Waals surface area contributed by atoms with Gasteiger partial charge in [0.1, 0.15) is 11.0 Å². The van der Waals surface area contributed by atoms with E-state index in [1.54, 1.807) is 11.0 Å². The summed E-state index contributed by atoms with van der Waals surface area (Å²) in [5.41, 5.74) is 1.22. The van der Waals surface area contributed by atoms with Crippen molar-refractivity contribution >= 4 is 23.3 Å². The van der Waals surface area contributed by atoms with Crippen LogP contribution < -0.4 is 4.90 Å². The number of carbonyl (C=O) groups is 1. The molecule has 1 amide bonds. The summed E-state index contributed by atoms with van der Waals surface area (Å²) in [6, 6.07) is 15.5. The molecule has 3 rings (SSSR count). The predicted octanol–water partition coefficient (Wildman–Crippen LogP) is 2.58. The Morgan fingerprint density at radius 3 is 2.57 bits per heavy atom. The van der Waals surface area contributed by atoms with Crippen molar-refractivity contribution in [1.82, 2.24) is 9.88 Å². The summed E-state index contributed by atoms with van der Waals surface area (Å²) >= 11 is 5.89. The molecule has 0 atom stereocenters. The molecule has 1 aliphatic rings. The van der Waals surface area contributed by atoms with E-state index in [9.17, 15) is 4.79 Å². The maximum Gasteiger partial charge on any atom is 0.242 e. The summed E-state index contributed by atoms with van der Waals surface area (Å²) in [5.74, 6) is 0.693. The molecule has 0 N–H and O–H groups in total. The zero-order valence-corrected chi connectivity index (χ0v) is 12.3. The van der Waals surface area contributed by atoms with E-state index in [1.165, 1.54) is 5.56 Å². The number of carbonyl (C=O) groups excluding carboxylic acids is 1. The number of anilines is 1. The maximum absolute atomic E-state index is 12.3. The number of benzene rings is 1. The van der Waals surface area contributed by atoms with Crippen molar-refractivity contribution in [3.05, 3.63) is 59.2 Å². The highest BCUT2D eigenvalue weighted by atomic mass is 35.5. The van der Waals surface area contributed by atoms with Crippen LogP contribution in [-0.4, -0.2) is 35.4 Å². The van der Waals surface area contributed by atoms with Crippen LogP contribution in [0.2, 0.25) is 5.15 Å². The van der Waals surface area contributed by atoms with E-state index < -0.39 is 0 Å². The van der Waals surface area contributed by atoms with Gasteiger partial charge < -0.3 is 0 Å². The van der Waals surface area contributed by atoms with Gasteiger partial charge in [-0.15, -0.1) is 0 Å². The number of hydrogen-bond acceptors (Lipinski definition) is 3. The first kappa shape index (κ1) is 14.0. The molecule has 2 heterocycles. The Kier molecular flexibility index (Phi) is 4.18. The normalized spacial score (nSPS) is 16.2. The zero-order valence-electron chi connectivity index (χ0n) is 11.6. The number of aromatic nitrogens is 1. The molecule has 0 bridgehead atoms. The summed E-state index contributed by atoms with van der Waals surface area (Å²) in [4.78, 5) is 20.4. The predicted molar refractivity (Wildman–Crippen MR) is 83.3 cm³/mol. The minimum Gasteiger partial charge on any atom is -0.294 e. The quantitative estimate of drug-likeness (QED) is 0.818. The van der Waals surface area contributed by atoms with Crippen molar-refractivity contribution in [2.24, 2.45) is 0 Å². The summed E-state index contributed by atoms with van der Waals surface area (Å²) in [6.45, 7) is 2.67. The summed E-state index contributed by atoms with van der Waals surface area (Å²) in [6.07, 6.45) is 0. The smallest absolute Gasteiger partial charge is 0.242 e. The Bertz CT molecular complexity index is 632. The van der Waals surface area contributed by atoms with Crippen LogP contribution >= 0.6 is 11.6 Å². The Balaban J connectivity index is 1.66. The molecule has 0 spiro atoms. The molecule has 2 aromatic rings. The van der Waals surface area contributed by atoms with Crippen molar-refractivity contribution in [3.8, 4) is 0 Å². The van der Waals surface area contributed by atoms with Crippen molar-refractivity contribution in [2.45, 2.75) is 6.54 Å². The van der Waals surface area contributed by atoms with Gasteiger partial charge >= 0.3 is 0 Å². The first-order valence-corrected chi connectivity index (χ1v) is 7.29. The van der Waals surface area contributed by atoms with Gasteiger partial charge in [0.15, 0.2) is 0 Å². The fourth-order valence-electron chi connectivity index (χ4n) is 2.49. The zero-order chi connectivity index (χ0) is 14.7. The minimum absolute atomic E-state index is 0.0620. The van der Waals surface area contributed by atoms with Gasteiger partial charge in [-0.3, -0.25) is 14.6 Å². The maximum atomic E-state index is 12.3. The molecule has 1 fully saturated rings. The van der Waals surface area contributed by atoms with Crippen LogP contribution in [0.15, 0.2) is 48.5 Å². The Morgan fingerprint density at radius 1 is 1.05 bits per heavy atom. The molecule has 5 heteroatoms. The number of rotatable bonds is 3. The van der Waals surface area contributed by atoms with Gasteiger partial charge in [-0.05, 0) is 17.7 Å². The fourth-order valence-corrected chi connectivity index (χ4v) is 2.65. The van der Waals surface area contributed by atoms with Crippen molar-refractivity contribution in [1.29, 1.82) is 0 Å². The van der Waals surface area contributed by atoms with Crippen LogP contribution in [-0.2, 0) is 11.3 Å². The standard InChI is InChI=1S/C16H16ClN3O/c17-14-7-4-8-15(18-14)20-10-9-19(12-16(20)21)11-13-5-2-1-3-6-13/h1-8H,9-12H2. The fraction of sp³-hybridized carbons (Fsp3) is 0.250. The third-order valence-electron chi connectivity index (χ3n) is 3.53. The Labute approximate surface area is 129 Å². The van der Waals surface area contributed by atoms with Crippen LogP contribution in [0, 0.1) is 0 Å². The molecule has 108 valence electrons. The second-order valence-corrected chi connectivity index (χ2v) is 5.45. The second kappa shape index (κ2) is 6.24. The number of amides is 1. The molecule has 1 aromatic carbocycles. The SMILES string of the molecule is O=C1CN(Cc2ccccc2)CCN1c1cccc(Cl)n1. The third kappa shape index (κ3) is 3.40. The third-order valence-corrected chi connectivity index (χ3v) is 3.74. The molecular weight excluding hydrogens is 286 g/mol. The van der Waals surface area contributed by atoms with Gasteiger partial charge in [-0.2, -0.15) is 0 Å². The molecule has 1 aliphatic heterocycles. The van der Waals surface area contributed by atoms with Crippen LogP contribution in [0.3, 0.4) is 0 Å². The van der Waals surface area contributed by atoms with Crippen LogP contribution in [0.25, 0.3) is 0 Å². The molecule has 1 saturated heterocycles. The van der Waals surface area contributed by atoms with Crippen molar-refractivity contribution in [2.75, 3.05) is 24.5 Å². The largest absolute Gasteiger partial charge is 0.294 e. The second-order valence-electron chi connectivity index (χ2n) is 5.06. The van der Waals surface area contributed by atoms with E-state index in [1.807, 2.05) is 30.3 Å². The summed E-state index contributed by atoms with van der Waals surface area (Å²) in [5, 5.41) is 0.409. The lowest BCUT2D eigenvalue weighted by atomic mass is 10.2. The first-order chi connectivity index (χ1) is 10.2. The van der Waals surface area contributed by atoms with E-state index in [4.69, 9.17) is 11.6 Å². The number of pyridine rings is 1. The number of hydrogen-bond donors (Lipinski definition) is 0. The highest BCUT2D eigenvalue weighted by Crippen LogP contribution is 2.18. The Hall–Kier alpha value is -1.91. The monoisotopic (exact) mass is 301 g/mol. The molecule has 0 radical (unpaired) electrons. The topological polar surface area (TPSA) is 36.4 Å². The van der Waals surface area contributed by atoms with Gasteiger partial charge in [0.25, 0.3) is 0 Å². The van der Waals surface area contributed by atoms with Crippen LogP contribution in [0.4, 0.5) is 5.82 Å². The molecular formula is C16H16ClN3O. The average molecular weight is 302 g/mol. The highest BCUT2D eigenvalue weighted by molar-refractivity contribution is 6.29. The van der Waals surface area contributed by atoms with E-state index in [0.717, 1.165) is 13.1 Å². The van der Waals surface area contributed by atoms with Crippen molar-refractivity contribution < 1.29 is 4.79 Å². The molecule has 21 heavy (non-hydrogen) atoms. The van der Waals surface area contributed by atoms with Crippen LogP contribution in [0.5, 0.6) is 0 Å². The van der Waals surface area contributed by atoms with Gasteiger partial charge in [-0.25, -0.2) is 4.98 Å². The summed E-state index contributed by atoms with van der Waals surface area (Å²) in [7, 11) is 0. The van der Waals surface area contributed by atoms with E-state index >= 15 is 0 Å². The van der Waals surface area contributed by atoms with E-state index in [-0.39, 0.29) is 5.91 Å². The average Bonchev–Trinajstić information content (AvgIpc) is 2.48. The summed E-state index contributed by atoms with van der Waals surface area (Å²) < 4.78 is 0. The van der Waals surface area contributed by atoms with Gasteiger partial charge in [0, 0.05) is 19.6 Å². The molecule has 4 nitrogen and oxygen atoms in total. The van der Waals surface area contributed by atoms with Gasteiger partial charge in [-0.1, -0.05) is 48.0 Å². The van der Waals surface area contributed by atoms with Gasteiger partial charge in [0.2, 0.25) is 5.91 Å². The Morgan fingerprint density at radius 2 is 1.86 bits per heavy atom. The first-order valence-electron chi connectivity index (χ1n) is 6.91. The van der Waals surface area contributed by atoms with Crippen LogP contribution in [0.1, 0.15) is 5.56 Å². The molecule has 0 saturated carbocycles. The number of piperazine rings is 1. The lowest BCUT2D eigenvalue weighted by Gasteiger charge is -2.33. The van der Waals surface area contributed by atoms with E-state index in [0.29, 0.717) is 24.1 Å². The minimum atomic E-state index is 0.0620.